The molecule has 0 spiro atoms. The minimum Gasteiger partial charge on any atom is -0.493 e. The highest BCUT2D eigenvalue weighted by Crippen LogP contribution is 2.25. The Labute approximate surface area is 115 Å². The van der Waals surface area contributed by atoms with Gasteiger partial charge in [-0.15, -0.1) is 0 Å². The van der Waals surface area contributed by atoms with Crippen LogP contribution >= 0.6 is 0 Å². The Morgan fingerprint density at radius 2 is 1.84 bits per heavy atom. The van der Waals surface area contributed by atoms with Gasteiger partial charge in [-0.25, -0.2) is 0 Å². The monoisotopic (exact) mass is 255 g/mol. The molecule has 19 heavy (non-hydrogen) atoms. The molecule has 2 aromatic rings. The molecule has 2 heteroatoms. The lowest BCUT2D eigenvalue weighted by Crippen LogP contribution is -2.10. The molecule has 0 amide bonds. The molecule has 2 nitrogen and oxygen atoms in total. The molecule has 2 aromatic carbocycles. The molecule has 0 aliphatic carbocycles. The molecule has 0 fully saturated rings. The van der Waals surface area contributed by atoms with E-state index in [0.29, 0.717) is 6.61 Å². The molecule has 0 aliphatic heterocycles. The summed E-state index contributed by atoms with van der Waals surface area (Å²) in [6.07, 6.45) is 0.910. The van der Waals surface area contributed by atoms with Crippen LogP contribution in [0.1, 0.15) is 29.7 Å². The zero-order chi connectivity index (χ0) is 13.7. The third kappa shape index (κ3) is 3.83. The predicted octanol–water partition coefficient (Wildman–Crippen LogP) is 3.64. The Hall–Kier alpha value is -1.80. The first-order valence-corrected chi connectivity index (χ1v) is 6.69. The molecular formula is C17H21NO. The summed E-state index contributed by atoms with van der Waals surface area (Å²) in [5.41, 5.74) is 9.56. The van der Waals surface area contributed by atoms with Crippen molar-refractivity contribution < 1.29 is 4.74 Å². The molecule has 0 unspecified atom stereocenters. The van der Waals surface area contributed by atoms with Crippen LogP contribution in [-0.4, -0.2) is 6.61 Å². The van der Waals surface area contributed by atoms with Gasteiger partial charge in [0.05, 0.1) is 6.61 Å². The first-order chi connectivity index (χ1) is 9.16. The van der Waals surface area contributed by atoms with Crippen molar-refractivity contribution in [2.45, 2.75) is 26.3 Å². The number of benzene rings is 2. The predicted molar refractivity (Wildman–Crippen MR) is 79.4 cm³/mol. The fraction of sp³-hybridized carbons (Fsp3) is 0.294. The van der Waals surface area contributed by atoms with Crippen LogP contribution in [0.25, 0.3) is 0 Å². The van der Waals surface area contributed by atoms with Crippen molar-refractivity contribution >= 4 is 0 Å². The highest BCUT2D eigenvalue weighted by atomic mass is 16.5. The molecule has 0 radical (unpaired) electrons. The molecule has 100 valence electrons. The Balaban J connectivity index is 2.00. The number of hydrogen-bond acceptors (Lipinski definition) is 2. The standard InChI is InChI=1S/C17H21NO/c1-13-8-9-17(16(12-13)14(2)18)19-11-10-15-6-4-3-5-7-15/h3-9,12,14H,10-11,18H2,1-2H3/t14-/m1/s1. The van der Waals surface area contributed by atoms with Gasteiger partial charge in [-0.2, -0.15) is 0 Å². The Kier molecular flexibility index (Phi) is 4.58. The van der Waals surface area contributed by atoms with Gasteiger partial charge in [-0.1, -0.05) is 48.0 Å². The average Bonchev–Trinajstić information content (AvgIpc) is 2.41. The number of nitrogens with two attached hydrogens (primary N) is 1. The van der Waals surface area contributed by atoms with E-state index in [0.717, 1.165) is 17.7 Å². The van der Waals surface area contributed by atoms with Crippen LogP contribution in [0.3, 0.4) is 0 Å². The first-order valence-electron chi connectivity index (χ1n) is 6.69. The van der Waals surface area contributed by atoms with Crippen LogP contribution in [0.15, 0.2) is 48.5 Å². The topological polar surface area (TPSA) is 35.2 Å². The summed E-state index contributed by atoms with van der Waals surface area (Å²) in [4.78, 5) is 0. The summed E-state index contributed by atoms with van der Waals surface area (Å²) in [5, 5.41) is 0. The lowest BCUT2D eigenvalue weighted by molar-refractivity contribution is 0.317. The van der Waals surface area contributed by atoms with Crippen molar-refractivity contribution in [1.82, 2.24) is 0 Å². The average molecular weight is 255 g/mol. The summed E-state index contributed by atoms with van der Waals surface area (Å²) in [5.74, 6) is 0.900. The van der Waals surface area contributed by atoms with Gasteiger partial charge in [0.15, 0.2) is 0 Å². The summed E-state index contributed by atoms with van der Waals surface area (Å²) < 4.78 is 5.88. The lowest BCUT2D eigenvalue weighted by Gasteiger charge is -2.15. The van der Waals surface area contributed by atoms with Gasteiger partial charge in [0.25, 0.3) is 0 Å². The second-order valence-electron chi connectivity index (χ2n) is 4.91. The van der Waals surface area contributed by atoms with E-state index in [-0.39, 0.29) is 6.04 Å². The van der Waals surface area contributed by atoms with Gasteiger partial charge >= 0.3 is 0 Å². The highest BCUT2D eigenvalue weighted by Gasteiger charge is 2.08. The smallest absolute Gasteiger partial charge is 0.124 e. The summed E-state index contributed by atoms with van der Waals surface area (Å²) >= 11 is 0. The first kappa shape index (κ1) is 13.6. The molecule has 0 heterocycles. The van der Waals surface area contributed by atoms with Crippen LogP contribution in [0.5, 0.6) is 5.75 Å². The van der Waals surface area contributed by atoms with E-state index in [9.17, 15) is 0 Å². The SMILES string of the molecule is Cc1ccc(OCCc2ccccc2)c([C@@H](C)N)c1. The van der Waals surface area contributed by atoms with Gasteiger partial charge in [0, 0.05) is 18.0 Å². The maximum absolute atomic E-state index is 5.99. The Morgan fingerprint density at radius 3 is 2.53 bits per heavy atom. The van der Waals surface area contributed by atoms with Crippen molar-refractivity contribution in [3.05, 3.63) is 65.2 Å². The minimum atomic E-state index is -0.00775. The van der Waals surface area contributed by atoms with E-state index < -0.39 is 0 Å². The van der Waals surface area contributed by atoms with Gasteiger partial charge in [0.2, 0.25) is 0 Å². The van der Waals surface area contributed by atoms with Crippen molar-refractivity contribution in [2.24, 2.45) is 5.73 Å². The zero-order valence-corrected chi connectivity index (χ0v) is 11.6. The quantitative estimate of drug-likeness (QED) is 0.885. The Bertz CT molecular complexity index is 520. The minimum absolute atomic E-state index is 0.00775. The maximum Gasteiger partial charge on any atom is 0.124 e. The second-order valence-corrected chi connectivity index (χ2v) is 4.91. The summed E-state index contributed by atoms with van der Waals surface area (Å²) in [6, 6.07) is 16.5. The number of ether oxygens (including phenoxy) is 1. The van der Waals surface area contributed by atoms with Crippen molar-refractivity contribution in [2.75, 3.05) is 6.61 Å². The van der Waals surface area contributed by atoms with E-state index in [2.05, 4.69) is 43.3 Å². The third-order valence-corrected chi connectivity index (χ3v) is 3.15. The number of rotatable bonds is 5. The van der Waals surface area contributed by atoms with Crippen LogP contribution < -0.4 is 10.5 Å². The molecule has 0 saturated carbocycles. The number of hydrogen-bond donors (Lipinski definition) is 1. The van der Waals surface area contributed by atoms with E-state index >= 15 is 0 Å². The summed E-state index contributed by atoms with van der Waals surface area (Å²) in [6.45, 7) is 4.73. The molecule has 0 aromatic heterocycles. The maximum atomic E-state index is 5.99. The zero-order valence-electron chi connectivity index (χ0n) is 11.6. The summed E-state index contributed by atoms with van der Waals surface area (Å²) in [7, 11) is 0. The molecule has 2 rings (SSSR count). The van der Waals surface area contributed by atoms with Crippen molar-refractivity contribution in [3.8, 4) is 5.75 Å². The van der Waals surface area contributed by atoms with Crippen molar-refractivity contribution in [1.29, 1.82) is 0 Å². The fourth-order valence-corrected chi connectivity index (χ4v) is 2.08. The molecule has 1 atom stereocenters. The highest BCUT2D eigenvalue weighted by molar-refractivity contribution is 5.38. The van der Waals surface area contributed by atoms with Crippen LogP contribution in [0.2, 0.25) is 0 Å². The molecule has 0 bridgehead atoms. The van der Waals surface area contributed by atoms with E-state index in [4.69, 9.17) is 10.5 Å². The Morgan fingerprint density at radius 1 is 1.11 bits per heavy atom. The lowest BCUT2D eigenvalue weighted by atomic mass is 10.1. The van der Waals surface area contributed by atoms with Crippen LogP contribution in [0.4, 0.5) is 0 Å². The van der Waals surface area contributed by atoms with Gasteiger partial charge < -0.3 is 10.5 Å². The second kappa shape index (κ2) is 6.39. The molecule has 2 N–H and O–H groups in total. The molecular weight excluding hydrogens is 234 g/mol. The van der Waals surface area contributed by atoms with Gasteiger partial charge in [-0.05, 0) is 25.5 Å². The normalized spacial score (nSPS) is 12.2. The van der Waals surface area contributed by atoms with E-state index in [1.807, 2.05) is 19.1 Å². The number of aryl methyl sites for hydroxylation is 1. The largest absolute Gasteiger partial charge is 0.493 e. The van der Waals surface area contributed by atoms with Crippen molar-refractivity contribution in [3.63, 3.8) is 0 Å². The van der Waals surface area contributed by atoms with Crippen LogP contribution in [0, 0.1) is 6.92 Å². The molecule has 0 saturated heterocycles. The van der Waals surface area contributed by atoms with Gasteiger partial charge in [0.1, 0.15) is 5.75 Å². The fourth-order valence-electron chi connectivity index (χ4n) is 2.08. The van der Waals surface area contributed by atoms with Crippen LogP contribution in [-0.2, 0) is 6.42 Å². The third-order valence-electron chi connectivity index (χ3n) is 3.15. The molecule has 0 aliphatic rings. The van der Waals surface area contributed by atoms with Gasteiger partial charge in [-0.3, -0.25) is 0 Å². The van der Waals surface area contributed by atoms with E-state index in [1.54, 1.807) is 0 Å². The van der Waals surface area contributed by atoms with E-state index in [1.165, 1.54) is 11.1 Å².